The Bertz CT molecular complexity index is 788. The zero-order valence-corrected chi connectivity index (χ0v) is 10.4. The molecule has 0 aliphatic rings. The molecule has 3 aromatic heterocycles. The zero-order valence-electron chi connectivity index (χ0n) is 10.4. The van der Waals surface area contributed by atoms with E-state index < -0.39 is 0 Å². The first-order valence-electron chi connectivity index (χ1n) is 5.93. The van der Waals surface area contributed by atoms with E-state index >= 15 is 0 Å². The van der Waals surface area contributed by atoms with E-state index in [1.54, 1.807) is 16.9 Å². The Balaban J connectivity index is 2.34. The summed E-state index contributed by atoms with van der Waals surface area (Å²) >= 11 is 0. The number of aryl methyl sites for hydroxylation is 1. The number of nitrogens with one attached hydrogen (secondary N) is 1. The van der Waals surface area contributed by atoms with Crippen LogP contribution in [0.25, 0.3) is 16.9 Å². The van der Waals surface area contributed by atoms with Gasteiger partial charge in [0.15, 0.2) is 5.82 Å². The Morgan fingerprint density at radius 1 is 1.42 bits per heavy atom. The molecule has 3 N–H and O–H groups in total. The third-order valence-corrected chi connectivity index (χ3v) is 3.04. The second-order valence-electron chi connectivity index (χ2n) is 4.28. The molecule has 3 aromatic rings. The molecular formula is C13H13N5O. The van der Waals surface area contributed by atoms with Crippen LogP contribution in [-0.4, -0.2) is 19.7 Å². The molecule has 0 spiro atoms. The topological polar surface area (TPSA) is 89.6 Å². The number of aromatic nitrogens is 4. The average molecular weight is 255 g/mol. The second kappa shape index (κ2) is 4.33. The molecule has 96 valence electrons. The normalized spacial score (nSPS) is 11.1. The summed E-state index contributed by atoms with van der Waals surface area (Å²) in [5, 5.41) is 5.30. The van der Waals surface area contributed by atoms with Crippen LogP contribution in [0.1, 0.15) is 11.3 Å². The van der Waals surface area contributed by atoms with Crippen molar-refractivity contribution < 1.29 is 0 Å². The Morgan fingerprint density at radius 3 is 2.95 bits per heavy atom. The summed E-state index contributed by atoms with van der Waals surface area (Å²) in [4.78, 5) is 18.9. The van der Waals surface area contributed by atoms with E-state index in [1.807, 2.05) is 25.1 Å². The molecule has 6 nitrogen and oxygen atoms in total. The summed E-state index contributed by atoms with van der Waals surface area (Å²) in [5.74, 6) is 0.664. The summed E-state index contributed by atoms with van der Waals surface area (Å²) in [7, 11) is 0. The van der Waals surface area contributed by atoms with Gasteiger partial charge in [0.25, 0.3) is 5.56 Å². The van der Waals surface area contributed by atoms with Crippen LogP contribution in [0.15, 0.2) is 35.3 Å². The van der Waals surface area contributed by atoms with Gasteiger partial charge in [-0.25, -0.2) is 4.98 Å². The van der Waals surface area contributed by atoms with Gasteiger partial charge in [0, 0.05) is 23.7 Å². The van der Waals surface area contributed by atoms with Crippen LogP contribution < -0.4 is 11.3 Å². The number of H-pyrrole nitrogens is 1. The molecule has 0 radical (unpaired) electrons. The Kier molecular flexibility index (Phi) is 2.64. The Morgan fingerprint density at radius 2 is 2.26 bits per heavy atom. The van der Waals surface area contributed by atoms with Gasteiger partial charge in [-0.15, -0.1) is 0 Å². The molecule has 0 bridgehead atoms. The molecular weight excluding hydrogens is 242 g/mol. The molecule has 0 atom stereocenters. The van der Waals surface area contributed by atoms with Crippen LogP contribution >= 0.6 is 0 Å². The molecule has 0 aliphatic heterocycles. The van der Waals surface area contributed by atoms with Gasteiger partial charge >= 0.3 is 0 Å². The van der Waals surface area contributed by atoms with E-state index in [2.05, 4.69) is 15.1 Å². The molecule has 6 heteroatoms. The van der Waals surface area contributed by atoms with Gasteiger partial charge in [0.05, 0.1) is 5.69 Å². The van der Waals surface area contributed by atoms with Crippen LogP contribution in [-0.2, 0) is 6.54 Å². The molecule has 0 aliphatic carbocycles. The SMILES string of the molecule is Cc1nn(-c2ccccn2)c2[nH]c(=O)c(CN)cc12. The lowest BCUT2D eigenvalue weighted by atomic mass is 10.2. The number of pyridine rings is 2. The van der Waals surface area contributed by atoms with Gasteiger partial charge in [-0.05, 0) is 25.1 Å². The number of nitrogens with two attached hydrogens (primary N) is 1. The first-order chi connectivity index (χ1) is 9.20. The van der Waals surface area contributed by atoms with Crippen LogP contribution in [0.4, 0.5) is 0 Å². The van der Waals surface area contributed by atoms with Gasteiger partial charge in [0.1, 0.15) is 5.65 Å². The lowest BCUT2D eigenvalue weighted by molar-refractivity contribution is 0.844. The third kappa shape index (κ3) is 1.82. The zero-order chi connectivity index (χ0) is 13.4. The van der Waals surface area contributed by atoms with E-state index in [1.165, 1.54) is 0 Å². The third-order valence-electron chi connectivity index (χ3n) is 3.04. The smallest absolute Gasteiger partial charge is 0.254 e. The molecule has 3 heterocycles. The Hall–Kier alpha value is -2.47. The van der Waals surface area contributed by atoms with Gasteiger partial charge in [-0.3, -0.25) is 4.79 Å². The van der Waals surface area contributed by atoms with Crippen molar-refractivity contribution >= 4 is 11.0 Å². The van der Waals surface area contributed by atoms with Crippen LogP contribution in [0.2, 0.25) is 0 Å². The minimum atomic E-state index is -0.188. The van der Waals surface area contributed by atoms with E-state index in [4.69, 9.17) is 5.73 Å². The summed E-state index contributed by atoms with van der Waals surface area (Å²) in [5.41, 5.74) is 7.38. The summed E-state index contributed by atoms with van der Waals surface area (Å²) in [6, 6.07) is 7.33. The maximum atomic E-state index is 11.9. The molecule has 0 saturated heterocycles. The van der Waals surface area contributed by atoms with Crippen molar-refractivity contribution in [3.05, 3.63) is 52.1 Å². The van der Waals surface area contributed by atoms with E-state index in [0.29, 0.717) is 17.0 Å². The second-order valence-corrected chi connectivity index (χ2v) is 4.28. The molecule has 0 saturated carbocycles. The Labute approximate surface area is 108 Å². The van der Waals surface area contributed by atoms with Crippen LogP contribution in [0.3, 0.4) is 0 Å². The highest BCUT2D eigenvalue weighted by atomic mass is 16.1. The van der Waals surface area contributed by atoms with E-state index in [-0.39, 0.29) is 12.1 Å². The molecule has 0 amide bonds. The van der Waals surface area contributed by atoms with Crippen molar-refractivity contribution in [1.29, 1.82) is 0 Å². The number of hydrogen-bond donors (Lipinski definition) is 2. The van der Waals surface area contributed by atoms with Gasteiger partial charge in [-0.1, -0.05) is 6.07 Å². The largest absolute Gasteiger partial charge is 0.326 e. The monoisotopic (exact) mass is 255 g/mol. The molecule has 0 aromatic carbocycles. The minimum absolute atomic E-state index is 0.188. The predicted octanol–water partition coefficient (Wildman–Crippen LogP) is 0.876. The van der Waals surface area contributed by atoms with Crippen LogP contribution in [0, 0.1) is 6.92 Å². The summed E-state index contributed by atoms with van der Waals surface area (Å²) in [6.45, 7) is 2.10. The quantitative estimate of drug-likeness (QED) is 0.711. The van der Waals surface area contributed by atoms with Crippen molar-refractivity contribution in [2.45, 2.75) is 13.5 Å². The molecule has 3 rings (SSSR count). The fraction of sp³-hybridized carbons (Fsp3) is 0.154. The van der Waals surface area contributed by atoms with Gasteiger partial charge < -0.3 is 10.7 Å². The summed E-state index contributed by atoms with van der Waals surface area (Å²) < 4.78 is 1.63. The number of aromatic amines is 1. The van der Waals surface area contributed by atoms with Crippen LogP contribution in [0.5, 0.6) is 0 Å². The fourth-order valence-electron chi connectivity index (χ4n) is 2.06. The average Bonchev–Trinajstić information content (AvgIpc) is 2.75. The van der Waals surface area contributed by atoms with Crippen molar-refractivity contribution in [2.24, 2.45) is 5.73 Å². The molecule has 19 heavy (non-hydrogen) atoms. The summed E-state index contributed by atoms with van der Waals surface area (Å²) in [6.07, 6.45) is 1.69. The van der Waals surface area contributed by atoms with Crippen molar-refractivity contribution in [3.63, 3.8) is 0 Å². The minimum Gasteiger partial charge on any atom is -0.326 e. The fourth-order valence-corrected chi connectivity index (χ4v) is 2.06. The lowest BCUT2D eigenvalue weighted by Gasteiger charge is -2.02. The lowest BCUT2D eigenvalue weighted by Crippen LogP contribution is -2.16. The first kappa shape index (κ1) is 11.6. The van der Waals surface area contributed by atoms with Crippen molar-refractivity contribution in [3.8, 4) is 5.82 Å². The standard InChI is InChI=1S/C13H13N5O/c1-8-10-6-9(7-14)13(19)16-12(10)18(17-8)11-4-2-3-5-15-11/h2-6H,7,14H2,1H3,(H,16,19). The maximum Gasteiger partial charge on any atom is 0.254 e. The van der Waals surface area contributed by atoms with E-state index in [9.17, 15) is 4.79 Å². The van der Waals surface area contributed by atoms with E-state index in [0.717, 1.165) is 11.1 Å². The van der Waals surface area contributed by atoms with Crippen molar-refractivity contribution in [2.75, 3.05) is 0 Å². The number of rotatable bonds is 2. The molecule has 0 unspecified atom stereocenters. The highest BCUT2D eigenvalue weighted by Crippen LogP contribution is 2.18. The number of nitrogens with zero attached hydrogens (tertiary/aromatic N) is 3. The van der Waals surface area contributed by atoms with Gasteiger partial charge in [0.2, 0.25) is 0 Å². The highest BCUT2D eigenvalue weighted by Gasteiger charge is 2.12. The number of fused-ring (bicyclic) bond motifs is 1. The maximum absolute atomic E-state index is 11.9. The molecule has 0 fully saturated rings. The highest BCUT2D eigenvalue weighted by molar-refractivity contribution is 5.79. The first-order valence-corrected chi connectivity index (χ1v) is 5.93. The van der Waals surface area contributed by atoms with Gasteiger partial charge in [-0.2, -0.15) is 9.78 Å². The predicted molar refractivity (Wildman–Crippen MR) is 72.1 cm³/mol. The number of hydrogen-bond acceptors (Lipinski definition) is 4. The van der Waals surface area contributed by atoms with Crippen molar-refractivity contribution in [1.82, 2.24) is 19.7 Å².